The summed E-state index contributed by atoms with van der Waals surface area (Å²) in [5.41, 5.74) is 2.70. The minimum atomic E-state index is -0.256. The third-order valence-electron chi connectivity index (χ3n) is 5.78. The van der Waals surface area contributed by atoms with Crippen molar-refractivity contribution in [2.45, 2.75) is 12.1 Å². The Labute approximate surface area is 200 Å². The van der Waals surface area contributed by atoms with Gasteiger partial charge in [-0.15, -0.1) is 0 Å². The highest BCUT2D eigenvalue weighted by Crippen LogP contribution is 2.45. The zero-order valence-corrected chi connectivity index (χ0v) is 18.8. The van der Waals surface area contributed by atoms with E-state index >= 15 is 0 Å². The number of anilines is 1. The zero-order valence-electron chi connectivity index (χ0n) is 17.3. The molecule has 2 aliphatic rings. The summed E-state index contributed by atoms with van der Waals surface area (Å²) in [6.45, 7) is 0.212. The molecule has 0 saturated carbocycles. The Bertz CT molecular complexity index is 1330. The predicted octanol–water partition coefficient (Wildman–Crippen LogP) is 5.90. The number of furan rings is 1. The Morgan fingerprint density at radius 2 is 1.82 bits per heavy atom. The first-order valence-electron chi connectivity index (χ1n) is 10.4. The minimum absolute atomic E-state index is 0.201. The molecule has 0 bridgehead atoms. The number of thiocarbonyl (C=S) groups is 1. The van der Waals surface area contributed by atoms with E-state index in [4.69, 9.17) is 37.7 Å². The molecule has 0 unspecified atom stereocenters. The van der Waals surface area contributed by atoms with Gasteiger partial charge in [0.1, 0.15) is 17.6 Å². The van der Waals surface area contributed by atoms with Crippen LogP contribution in [0.5, 0.6) is 11.5 Å². The first kappa shape index (κ1) is 20.1. The van der Waals surface area contributed by atoms with Crippen LogP contribution in [0.25, 0.3) is 11.3 Å². The number of pyridine rings is 1. The van der Waals surface area contributed by atoms with Crippen molar-refractivity contribution in [1.29, 1.82) is 0 Å². The standard InChI is InChI=1S/C25H18ClN3O3S/c26-16-6-4-15(5-7-16)19-10-11-21(32-19)24-23(18-3-1-2-12-27-18)28-25(33)29(24)17-8-9-20-22(13-17)31-14-30-20/h1-13,23-24H,14H2,(H,28,33)/t23-,24-/m0/s1. The molecule has 0 amide bonds. The van der Waals surface area contributed by atoms with E-state index in [1.54, 1.807) is 6.20 Å². The van der Waals surface area contributed by atoms with Crippen molar-refractivity contribution in [3.63, 3.8) is 0 Å². The largest absolute Gasteiger partial charge is 0.459 e. The molecular formula is C25H18ClN3O3S. The molecule has 0 radical (unpaired) electrons. The summed E-state index contributed by atoms with van der Waals surface area (Å²) in [6, 6.07) is 22.7. The van der Waals surface area contributed by atoms with E-state index in [1.165, 1.54) is 0 Å². The van der Waals surface area contributed by atoms with Crippen LogP contribution < -0.4 is 19.7 Å². The van der Waals surface area contributed by atoms with Gasteiger partial charge < -0.3 is 24.1 Å². The first-order chi connectivity index (χ1) is 16.2. The molecule has 2 aromatic heterocycles. The Morgan fingerprint density at radius 3 is 2.64 bits per heavy atom. The van der Waals surface area contributed by atoms with Crippen LogP contribution in [0, 0.1) is 0 Å². The van der Waals surface area contributed by atoms with Crippen molar-refractivity contribution in [2.75, 3.05) is 11.7 Å². The number of hydrogen-bond donors (Lipinski definition) is 1. The Hall–Kier alpha value is -3.55. The summed E-state index contributed by atoms with van der Waals surface area (Å²) in [5.74, 6) is 2.93. The molecular weight excluding hydrogens is 458 g/mol. The molecule has 164 valence electrons. The average molecular weight is 476 g/mol. The van der Waals surface area contributed by atoms with Crippen LogP contribution in [-0.2, 0) is 0 Å². The molecule has 1 saturated heterocycles. The van der Waals surface area contributed by atoms with Crippen molar-refractivity contribution in [2.24, 2.45) is 0 Å². The van der Waals surface area contributed by atoms with E-state index < -0.39 is 0 Å². The molecule has 2 atom stereocenters. The van der Waals surface area contributed by atoms with Crippen molar-refractivity contribution in [1.82, 2.24) is 10.3 Å². The molecule has 4 heterocycles. The van der Waals surface area contributed by atoms with Gasteiger partial charge >= 0.3 is 0 Å². The number of nitrogens with zero attached hydrogens (tertiary/aromatic N) is 2. The van der Waals surface area contributed by atoms with E-state index in [0.717, 1.165) is 34.2 Å². The number of ether oxygens (including phenoxy) is 2. The molecule has 33 heavy (non-hydrogen) atoms. The smallest absolute Gasteiger partial charge is 0.231 e. The van der Waals surface area contributed by atoms with Gasteiger partial charge in [0, 0.05) is 28.5 Å². The quantitative estimate of drug-likeness (QED) is 0.369. The molecule has 6 nitrogen and oxygen atoms in total. The molecule has 0 spiro atoms. The zero-order chi connectivity index (χ0) is 22.4. The molecule has 0 aliphatic carbocycles. The van der Waals surface area contributed by atoms with Crippen LogP contribution in [0.1, 0.15) is 23.5 Å². The van der Waals surface area contributed by atoms with Crippen LogP contribution in [0.3, 0.4) is 0 Å². The first-order valence-corrected chi connectivity index (χ1v) is 11.2. The van der Waals surface area contributed by atoms with Gasteiger partial charge in [-0.2, -0.15) is 0 Å². The van der Waals surface area contributed by atoms with Gasteiger partial charge in [0.2, 0.25) is 6.79 Å². The van der Waals surface area contributed by atoms with Crippen molar-refractivity contribution in [3.05, 3.63) is 95.5 Å². The van der Waals surface area contributed by atoms with E-state index in [2.05, 4.69) is 10.3 Å². The summed E-state index contributed by atoms with van der Waals surface area (Å²) in [4.78, 5) is 6.62. The molecule has 1 N–H and O–H groups in total. The van der Waals surface area contributed by atoms with Gasteiger partial charge in [-0.05, 0) is 72.9 Å². The highest BCUT2D eigenvalue weighted by Gasteiger charge is 2.43. The van der Waals surface area contributed by atoms with E-state index in [0.29, 0.717) is 15.9 Å². The fraction of sp³-hybridized carbons (Fsp3) is 0.120. The minimum Gasteiger partial charge on any atom is -0.459 e. The fourth-order valence-corrected chi connectivity index (χ4v) is 4.71. The Balaban J connectivity index is 1.44. The third kappa shape index (κ3) is 3.59. The maximum Gasteiger partial charge on any atom is 0.231 e. The summed E-state index contributed by atoms with van der Waals surface area (Å²) in [7, 11) is 0. The lowest BCUT2D eigenvalue weighted by molar-refractivity contribution is 0.174. The Morgan fingerprint density at radius 1 is 0.970 bits per heavy atom. The van der Waals surface area contributed by atoms with Crippen molar-refractivity contribution >= 4 is 34.6 Å². The number of rotatable bonds is 4. The SMILES string of the molecule is S=C1N[C@@H](c2ccccn2)[C@H](c2ccc(-c3ccc(Cl)cc3)o2)N1c1ccc2c(c1)OCO2. The predicted molar refractivity (Wildman–Crippen MR) is 130 cm³/mol. The van der Waals surface area contributed by atoms with E-state index in [-0.39, 0.29) is 18.9 Å². The van der Waals surface area contributed by atoms with Crippen LogP contribution in [-0.4, -0.2) is 16.9 Å². The number of hydrogen-bond acceptors (Lipinski definition) is 5. The maximum absolute atomic E-state index is 6.37. The molecule has 6 rings (SSSR count). The number of halogens is 1. The molecule has 1 fully saturated rings. The molecule has 2 aliphatic heterocycles. The number of nitrogens with one attached hydrogen (secondary N) is 1. The molecule has 2 aromatic carbocycles. The number of benzene rings is 2. The maximum atomic E-state index is 6.37. The van der Waals surface area contributed by atoms with E-state index in [1.807, 2.05) is 77.7 Å². The lowest BCUT2D eigenvalue weighted by Gasteiger charge is -2.26. The third-order valence-corrected chi connectivity index (χ3v) is 6.35. The monoisotopic (exact) mass is 475 g/mol. The van der Waals surface area contributed by atoms with Gasteiger partial charge in [0.25, 0.3) is 0 Å². The van der Waals surface area contributed by atoms with Gasteiger partial charge in [0.15, 0.2) is 16.6 Å². The number of aromatic nitrogens is 1. The lowest BCUT2D eigenvalue weighted by Crippen LogP contribution is -2.29. The average Bonchev–Trinajstić information content (AvgIpc) is 3.58. The highest BCUT2D eigenvalue weighted by atomic mass is 35.5. The van der Waals surface area contributed by atoms with Crippen molar-refractivity contribution < 1.29 is 13.9 Å². The highest BCUT2D eigenvalue weighted by molar-refractivity contribution is 7.80. The second-order valence-corrected chi connectivity index (χ2v) is 8.57. The van der Waals surface area contributed by atoms with Gasteiger partial charge in [-0.1, -0.05) is 17.7 Å². The van der Waals surface area contributed by atoms with Crippen LogP contribution in [0.15, 0.2) is 83.4 Å². The normalized spacial score (nSPS) is 19.1. The van der Waals surface area contributed by atoms with Gasteiger partial charge in [-0.25, -0.2) is 0 Å². The number of fused-ring (bicyclic) bond motifs is 1. The topological polar surface area (TPSA) is 59.8 Å². The summed E-state index contributed by atoms with van der Waals surface area (Å²) in [6.07, 6.45) is 1.78. The summed E-state index contributed by atoms with van der Waals surface area (Å²) < 4.78 is 17.4. The van der Waals surface area contributed by atoms with E-state index in [9.17, 15) is 0 Å². The van der Waals surface area contributed by atoms with Gasteiger partial charge in [0.05, 0.1) is 11.7 Å². The Kier molecular flexibility index (Phi) is 4.93. The molecule has 8 heteroatoms. The fourth-order valence-electron chi connectivity index (χ4n) is 4.24. The second kappa shape index (κ2) is 8.10. The van der Waals surface area contributed by atoms with Crippen LogP contribution in [0.2, 0.25) is 5.02 Å². The van der Waals surface area contributed by atoms with Crippen LogP contribution in [0.4, 0.5) is 5.69 Å². The summed E-state index contributed by atoms with van der Waals surface area (Å²) >= 11 is 11.8. The van der Waals surface area contributed by atoms with Crippen LogP contribution >= 0.6 is 23.8 Å². The lowest BCUT2D eigenvalue weighted by atomic mass is 10.0. The van der Waals surface area contributed by atoms with Gasteiger partial charge in [-0.3, -0.25) is 4.98 Å². The summed E-state index contributed by atoms with van der Waals surface area (Å²) in [5, 5.41) is 4.70. The molecule has 4 aromatic rings. The van der Waals surface area contributed by atoms with Crippen molar-refractivity contribution in [3.8, 4) is 22.8 Å². The second-order valence-electron chi connectivity index (χ2n) is 7.74.